The molecule has 21 heavy (non-hydrogen) atoms. The highest BCUT2D eigenvalue weighted by Gasteiger charge is 2.33. The first kappa shape index (κ1) is 13.2. The van der Waals surface area contributed by atoms with Gasteiger partial charge in [-0.25, -0.2) is 0 Å². The van der Waals surface area contributed by atoms with E-state index in [2.05, 4.69) is 52.0 Å². The highest BCUT2D eigenvalue weighted by atomic mass is 32.1. The third kappa shape index (κ3) is 2.80. The smallest absolute Gasteiger partial charge is 0.0635 e. The summed E-state index contributed by atoms with van der Waals surface area (Å²) in [5.74, 6) is 0.815. The topological polar surface area (TPSA) is 15.3 Å². The van der Waals surface area contributed by atoms with Crippen LogP contribution < -0.4 is 10.2 Å². The van der Waals surface area contributed by atoms with Crippen LogP contribution in [0.4, 0.5) is 11.4 Å². The number of hydrogen-bond donors (Lipinski definition) is 1. The molecule has 1 aliphatic carbocycles. The van der Waals surface area contributed by atoms with Crippen LogP contribution in [0.25, 0.3) is 0 Å². The fourth-order valence-electron chi connectivity index (χ4n) is 3.32. The largest absolute Gasteiger partial charge is 0.375 e. The maximum atomic E-state index is 3.86. The first-order valence-corrected chi connectivity index (χ1v) is 8.94. The number of thiophene rings is 1. The van der Waals surface area contributed by atoms with Crippen molar-refractivity contribution in [3.05, 3.63) is 46.7 Å². The maximum Gasteiger partial charge on any atom is 0.0635 e. The van der Waals surface area contributed by atoms with Crippen molar-refractivity contribution in [3.8, 4) is 0 Å². The average molecular weight is 298 g/mol. The molecule has 1 saturated carbocycles. The third-order valence-electron chi connectivity index (χ3n) is 4.60. The molecule has 2 aliphatic rings. The number of benzene rings is 1. The van der Waals surface area contributed by atoms with Crippen molar-refractivity contribution in [2.24, 2.45) is 5.92 Å². The second-order valence-electron chi connectivity index (χ2n) is 6.19. The van der Waals surface area contributed by atoms with Crippen LogP contribution in [-0.2, 0) is 0 Å². The summed E-state index contributed by atoms with van der Waals surface area (Å²) >= 11 is 1.88. The maximum absolute atomic E-state index is 3.86. The Morgan fingerprint density at radius 2 is 1.86 bits per heavy atom. The summed E-state index contributed by atoms with van der Waals surface area (Å²) in [4.78, 5) is 4.01. The van der Waals surface area contributed by atoms with Crippen LogP contribution in [0.3, 0.4) is 0 Å². The summed E-state index contributed by atoms with van der Waals surface area (Å²) in [7, 11) is 0. The van der Waals surface area contributed by atoms with Gasteiger partial charge < -0.3 is 10.2 Å². The minimum absolute atomic E-state index is 0.494. The quantitative estimate of drug-likeness (QED) is 0.843. The van der Waals surface area contributed by atoms with Gasteiger partial charge in [-0.05, 0) is 55.2 Å². The Balaban J connectivity index is 1.60. The summed E-state index contributed by atoms with van der Waals surface area (Å²) in [6.07, 6.45) is 5.37. The predicted molar refractivity (Wildman–Crippen MR) is 91.3 cm³/mol. The van der Waals surface area contributed by atoms with Gasteiger partial charge in [-0.2, -0.15) is 0 Å². The fourth-order valence-corrected chi connectivity index (χ4v) is 4.19. The van der Waals surface area contributed by atoms with E-state index < -0.39 is 0 Å². The zero-order chi connectivity index (χ0) is 14.1. The molecule has 2 aromatic rings. The summed E-state index contributed by atoms with van der Waals surface area (Å²) in [6.45, 7) is 2.40. The number of hydrogen-bond acceptors (Lipinski definition) is 3. The molecule has 1 saturated heterocycles. The number of nitrogens with zero attached hydrogens (tertiary/aromatic N) is 1. The molecule has 2 heterocycles. The SMILES string of the molecule is c1csc(C(Nc2ccccc2N2CCCC2)C2CC2)c1. The second-order valence-corrected chi connectivity index (χ2v) is 7.17. The lowest BCUT2D eigenvalue weighted by molar-refractivity contribution is 0.690. The number of anilines is 2. The highest BCUT2D eigenvalue weighted by Crippen LogP contribution is 2.45. The van der Waals surface area contributed by atoms with Crippen LogP contribution >= 0.6 is 11.3 Å². The molecule has 2 fully saturated rings. The van der Waals surface area contributed by atoms with Gasteiger partial charge in [-0.3, -0.25) is 0 Å². The normalized spacial score (nSPS) is 19.7. The molecule has 0 spiro atoms. The van der Waals surface area contributed by atoms with Gasteiger partial charge in [0.15, 0.2) is 0 Å². The molecule has 1 atom stereocenters. The molecule has 4 rings (SSSR count). The van der Waals surface area contributed by atoms with E-state index in [0.29, 0.717) is 6.04 Å². The van der Waals surface area contributed by atoms with E-state index in [-0.39, 0.29) is 0 Å². The fraction of sp³-hybridized carbons (Fsp3) is 0.444. The molecule has 1 aromatic carbocycles. The molecule has 1 unspecified atom stereocenters. The second kappa shape index (κ2) is 5.72. The Morgan fingerprint density at radius 3 is 2.57 bits per heavy atom. The standard InChI is InChI=1S/C18H22N2S/c1-2-7-16(20-11-3-4-12-20)15(6-1)19-18(14-9-10-14)17-8-5-13-21-17/h1-2,5-8,13-14,18-19H,3-4,9-12H2. The minimum atomic E-state index is 0.494. The van der Waals surface area contributed by atoms with Crippen LogP contribution in [0.1, 0.15) is 36.6 Å². The first-order valence-electron chi connectivity index (χ1n) is 8.06. The van der Waals surface area contributed by atoms with Crippen LogP contribution in [0.15, 0.2) is 41.8 Å². The lowest BCUT2D eigenvalue weighted by atomic mass is 10.1. The molecule has 2 nitrogen and oxygen atoms in total. The summed E-state index contributed by atoms with van der Waals surface area (Å²) in [5, 5.41) is 6.05. The molecule has 0 radical (unpaired) electrons. The van der Waals surface area contributed by atoms with Crippen molar-refractivity contribution in [2.45, 2.75) is 31.7 Å². The number of nitrogens with one attached hydrogen (secondary N) is 1. The molecule has 110 valence electrons. The highest BCUT2D eigenvalue weighted by molar-refractivity contribution is 7.10. The van der Waals surface area contributed by atoms with E-state index in [0.717, 1.165) is 5.92 Å². The summed E-state index contributed by atoms with van der Waals surface area (Å²) in [5.41, 5.74) is 2.70. The molecule has 0 bridgehead atoms. The van der Waals surface area contributed by atoms with Gasteiger partial charge in [-0.15, -0.1) is 11.3 Å². The Morgan fingerprint density at radius 1 is 1.05 bits per heavy atom. The predicted octanol–water partition coefficient (Wildman–Crippen LogP) is 4.91. The lowest BCUT2D eigenvalue weighted by Crippen LogP contribution is -2.20. The van der Waals surface area contributed by atoms with E-state index in [1.807, 2.05) is 11.3 Å². The summed E-state index contributed by atoms with van der Waals surface area (Å²) in [6, 6.07) is 13.8. The molecular weight excluding hydrogens is 276 g/mol. The zero-order valence-electron chi connectivity index (χ0n) is 12.3. The van der Waals surface area contributed by atoms with E-state index in [1.165, 1.54) is 55.0 Å². The molecule has 1 aromatic heterocycles. The number of para-hydroxylation sites is 2. The monoisotopic (exact) mass is 298 g/mol. The lowest BCUT2D eigenvalue weighted by Gasteiger charge is -2.25. The van der Waals surface area contributed by atoms with Crippen molar-refractivity contribution in [2.75, 3.05) is 23.3 Å². The van der Waals surface area contributed by atoms with Crippen LogP contribution in [-0.4, -0.2) is 13.1 Å². The Labute approximate surface area is 130 Å². The third-order valence-corrected chi connectivity index (χ3v) is 5.56. The summed E-state index contributed by atoms with van der Waals surface area (Å²) < 4.78 is 0. The van der Waals surface area contributed by atoms with E-state index in [1.54, 1.807) is 0 Å². The van der Waals surface area contributed by atoms with Gasteiger partial charge in [-0.1, -0.05) is 18.2 Å². The van der Waals surface area contributed by atoms with E-state index in [4.69, 9.17) is 0 Å². The average Bonchev–Trinajstić information content (AvgIpc) is 3.01. The Kier molecular flexibility index (Phi) is 3.60. The van der Waals surface area contributed by atoms with Gasteiger partial charge in [0.1, 0.15) is 0 Å². The molecule has 1 N–H and O–H groups in total. The van der Waals surface area contributed by atoms with Gasteiger partial charge in [0.25, 0.3) is 0 Å². The van der Waals surface area contributed by atoms with Crippen molar-refractivity contribution in [1.82, 2.24) is 0 Å². The molecular formula is C18H22N2S. The molecule has 1 aliphatic heterocycles. The van der Waals surface area contributed by atoms with E-state index in [9.17, 15) is 0 Å². The Hall–Kier alpha value is -1.48. The van der Waals surface area contributed by atoms with Crippen molar-refractivity contribution >= 4 is 22.7 Å². The number of rotatable bonds is 5. The molecule has 0 amide bonds. The van der Waals surface area contributed by atoms with Crippen molar-refractivity contribution in [3.63, 3.8) is 0 Å². The van der Waals surface area contributed by atoms with Gasteiger partial charge in [0, 0.05) is 18.0 Å². The molecule has 3 heteroatoms. The van der Waals surface area contributed by atoms with Crippen molar-refractivity contribution < 1.29 is 0 Å². The van der Waals surface area contributed by atoms with Gasteiger partial charge >= 0.3 is 0 Å². The zero-order valence-corrected chi connectivity index (χ0v) is 13.1. The van der Waals surface area contributed by atoms with Gasteiger partial charge in [0.2, 0.25) is 0 Å². The van der Waals surface area contributed by atoms with Crippen molar-refractivity contribution in [1.29, 1.82) is 0 Å². The van der Waals surface area contributed by atoms with Crippen LogP contribution in [0.2, 0.25) is 0 Å². The Bertz CT molecular complexity index is 583. The van der Waals surface area contributed by atoms with E-state index >= 15 is 0 Å². The van der Waals surface area contributed by atoms with Crippen LogP contribution in [0, 0.1) is 5.92 Å². The first-order chi connectivity index (χ1) is 10.4. The van der Waals surface area contributed by atoms with Gasteiger partial charge in [0.05, 0.1) is 17.4 Å². The minimum Gasteiger partial charge on any atom is -0.375 e. The van der Waals surface area contributed by atoms with Crippen LogP contribution in [0.5, 0.6) is 0 Å².